The topological polar surface area (TPSA) is 41.5 Å². The smallest absolute Gasteiger partial charge is 0.122 e. The van der Waals surface area contributed by atoms with Crippen LogP contribution in [0.5, 0.6) is 5.75 Å². The number of aliphatic hydroxyl groups excluding tert-OH is 1. The van der Waals surface area contributed by atoms with E-state index in [1.54, 1.807) is 0 Å². The zero-order valence-electron chi connectivity index (χ0n) is 12.7. The normalized spacial score (nSPS) is 14.5. The third kappa shape index (κ3) is 5.62. The molecule has 0 aliphatic rings. The summed E-state index contributed by atoms with van der Waals surface area (Å²) in [5.74, 6) is 1.42. The molecule has 0 saturated carbocycles. The van der Waals surface area contributed by atoms with Crippen LogP contribution < -0.4 is 10.1 Å². The molecule has 2 unspecified atom stereocenters. The Bertz CT molecular complexity index is 390. The molecule has 0 spiro atoms. The van der Waals surface area contributed by atoms with Crippen LogP contribution in [0.4, 0.5) is 0 Å². The molecule has 2 N–H and O–H groups in total. The van der Waals surface area contributed by atoms with Crippen molar-refractivity contribution in [1.82, 2.24) is 5.32 Å². The highest BCUT2D eigenvalue weighted by Crippen LogP contribution is 2.19. The molecule has 108 valence electrons. The van der Waals surface area contributed by atoms with E-state index < -0.39 is 6.10 Å². The molecule has 3 heteroatoms. The van der Waals surface area contributed by atoms with Crippen LogP contribution >= 0.6 is 0 Å². The van der Waals surface area contributed by atoms with Crippen LogP contribution in [0, 0.1) is 19.8 Å². The fraction of sp³-hybridized carbons (Fsp3) is 0.625. The molecule has 0 aliphatic heterocycles. The van der Waals surface area contributed by atoms with Gasteiger partial charge < -0.3 is 15.2 Å². The van der Waals surface area contributed by atoms with Crippen molar-refractivity contribution < 1.29 is 9.84 Å². The second-order valence-electron chi connectivity index (χ2n) is 5.67. The molecule has 2 atom stereocenters. The summed E-state index contributed by atoms with van der Waals surface area (Å²) in [6.07, 6.45) is -0.485. The Morgan fingerprint density at radius 1 is 1.21 bits per heavy atom. The van der Waals surface area contributed by atoms with Gasteiger partial charge in [-0.05, 0) is 43.9 Å². The van der Waals surface area contributed by atoms with E-state index in [0.29, 0.717) is 25.1 Å². The largest absolute Gasteiger partial charge is 0.491 e. The molecule has 0 heterocycles. The lowest BCUT2D eigenvalue weighted by molar-refractivity contribution is 0.102. The first-order valence-corrected chi connectivity index (χ1v) is 7.01. The maximum absolute atomic E-state index is 9.91. The van der Waals surface area contributed by atoms with Crippen molar-refractivity contribution in [3.8, 4) is 5.75 Å². The first-order valence-electron chi connectivity index (χ1n) is 7.01. The van der Waals surface area contributed by atoms with Gasteiger partial charge in [-0.1, -0.05) is 26.0 Å². The molecular weight excluding hydrogens is 238 g/mol. The molecule has 19 heavy (non-hydrogen) atoms. The van der Waals surface area contributed by atoms with Crippen LogP contribution in [-0.4, -0.2) is 30.4 Å². The molecule has 0 fully saturated rings. The van der Waals surface area contributed by atoms with Gasteiger partial charge in [0.1, 0.15) is 18.5 Å². The maximum atomic E-state index is 9.91. The van der Waals surface area contributed by atoms with Crippen LogP contribution in [0.15, 0.2) is 18.2 Å². The van der Waals surface area contributed by atoms with E-state index in [1.165, 1.54) is 5.56 Å². The van der Waals surface area contributed by atoms with E-state index >= 15 is 0 Å². The van der Waals surface area contributed by atoms with Gasteiger partial charge in [0, 0.05) is 12.6 Å². The van der Waals surface area contributed by atoms with Crippen LogP contribution in [-0.2, 0) is 0 Å². The molecular formula is C16H27NO2. The van der Waals surface area contributed by atoms with Gasteiger partial charge >= 0.3 is 0 Å². The van der Waals surface area contributed by atoms with Gasteiger partial charge in [0.2, 0.25) is 0 Å². The predicted octanol–water partition coefficient (Wildman–Crippen LogP) is 2.68. The first-order chi connectivity index (χ1) is 8.90. The number of benzene rings is 1. The molecule has 1 rings (SSSR count). The number of aliphatic hydroxyl groups is 1. The third-order valence-corrected chi connectivity index (χ3v) is 3.45. The van der Waals surface area contributed by atoms with Gasteiger partial charge in [0.15, 0.2) is 0 Å². The highest BCUT2D eigenvalue weighted by molar-refractivity contribution is 5.35. The molecule has 0 amide bonds. The molecule has 0 aliphatic carbocycles. The standard InChI is InChI=1S/C16H27NO2/c1-11(2)14(5)17-9-15(18)10-19-16-8-12(3)6-7-13(16)4/h6-8,11,14-15,17-18H,9-10H2,1-5H3. The molecule has 0 aromatic heterocycles. The number of ether oxygens (including phenoxy) is 1. The van der Waals surface area contributed by atoms with E-state index in [0.717, 1.165) is 11.3 Å². The molecule has 0 bridgehead atoms. The highest BCUT2D eigenvalue weighted by atomic mass is 16.5. The van der Waals surface area contributed by atoms with Crippen molar-refractivity contribution in [3.63, 3.8) is 0 Å². The van der Waals surface area contributed by atoms with Gasteiger partial charge in [-0.15, -0.1) is 0 Å². The summed E-state index contributed by atoms with van der Waals surface area (Å²) < 4.78 is 5.68. The average molecular weight is 265 g/mol. The van der Waals surface area contributed by atoms with Crippen molar-refractivity contribution >= 4 is 0 Å². The summed E-state index contributed by atoms with van der Waals surface area (Å²) in [6, 6.07) is 6.50. The quantitative estimate of drug-likeness (QED) is 0.796. The van der Waals surface area contributed by atoms with Gasteiger partial charge in [0.25, 0.3) is 0 Å². The maximum Gasteiger partial charge on any atom is 0.122 e. The number of hydrogen-bond donors (Lipinski definition) is 2. The van der Waals surface area contributed by atoms with Crippen LogP contribution in [0.25, 0.3) is 0 Å². The lowest BCUT2D eigenvalue weighted by atomic mass is 10.1. The van der Waals surface area contributed by atoms with Crippen molar-refractivity contribution in [1.29, 1.82) is 0 Å². The summed E-state index contributed by atoms with van der Waals surface area (Å²) in [4.78, 5) is 0. The fourth-order valence-corrected chi connectivity index (χ4v) is 1.67. The van der Waals surface area contributed by atoms with E-state index in [-0.39, 0.29) is 0 Å². The van der Waals surface area contributed by atoms with Crippen LogP contribution in [0.1, 0.15) is 31.9 Å². The predicted molar refractivity (Wildman–Crippen MR) is 79.7 cm³/mol. The lowest BCUT2D eigenvalue weighted by Crippen LogP contribution is -2.39. The van der Waals surface area contributed by atoms with E-state index in [4.69, 9.17) is 4.74 Å². The van der Waals surface area contributed by atoms with E-state index in [2.05, 4.69) is 32.2 Å². The first kappa shape index (κ1) is 16.0. The minimum Gasteiger partial charge on any atom is -0.491 e. The number of hydrogen-bond acceptors (Lipinski definition) is 3. The van der Waals surface area contributed by atoms with Gasteiger partial charge in [-0.25, -0.2) is 0 Å². The van der Waals surface area contributed by atoms with Gasteiger partial charge in [-0.3, -0.25) is 0 Å². The van der Waals surface area contributed by atoms with Crippen molar-refractivity contribution in [2.45, 2.75) is 46.8 Å². The van der Waals surface area contributed by atoms with E-state index in [1.807, 2.05) is 26.0 Å². The van der Waals surface area contributed by atoms with E-state index in [9.17, 15) is 5.11 Å². The molecule has 1 aromatic carbocycles. The SMILES string of the molecule is Cc1ccc(C)c(OCC(O)CNC(C)C(C)C)c1. The van der Waals surface area contributed by atoms with Crippen molar-refractivity contribution in [2.75, 3.05) is 13.2 Å². The molecule has 3 nitrogen and oxygen atoms in total. The Labute approximate surface area is 117 Å². The van der Waals surface area contributed by atoms with Crippen molar-refractivity contribution in [2.24, 2.45) is 5.92 Å². The van der Waals surface area contributed by atoms with Crippen LogP contribution in [0.2, 0.25) is 0 Å². The Balaban J connectivity index is 2.37. The Morgan fingerprint density at radius 2 is 1.89 bits per heavy atom. The zero-order valence-corrected chi connectivity index (χ0v) is 12.7. The summed E-state index contributed by atoms with van der Waals surface area (Å²) in [5.41, 5.74) is 2.27. The Kier molecular flexibility index (Phi) is 6.32. The second kappa shape index (κ2) is 7.51. The minimum atomic E-state index is -0.485. The number of aryl methyl sites for hydroxylation is 2. The molecule has 0 saturated heterocycles. The fourth-order valence-electron chi connectivity index (χ4n) is 1.67. The lowest BCUT2D eigenvalue weighted by Gasteiger charge is -2.20. The summed E-state index contributed by atoms with van der Waals surface area (Å²) in [5, 5.41) is 13.2. The van der Waals surface area contributed by atoms with Crippen LogP contribution in [0.3, 0.4) is 0 Å². The number of nitrogens with one attached hydrogen (secondary N) is 1. The monoisotopic (exact) mass is 265 g/mol. The highest BCUT2D eigenvalue weighted by Gasteiger charge is 2.11. The third-order valence-electron chi connectivity index (χ3n) is 3.45. The zero-order chi connectivity index (χ0) is 14.4. The second-order valence-corrected chi connectivity index (χ2v) is 5.67. The van der Waals surface area contributed by atoms with Gasteiger partial charge in [0.05, 0.1) is 0 Å². The van der Waals surface area contributed by atoms with Gasteiger partial charge in [-0.2, -0.15) is 0 Å². The molecule has 1 aromatic rings. The Hall–Kier alpha value is -1.06. The summed E-state index contributed by atoms with van der Waals surface area (Å²) >= 11 is 0. The summed E-state index contributed by atoms with van der Waals surface area (Å²) in [7, 11) is 0. The minimum absolute atomic E-state index is 0.322. The molecule has 0 radical (unpaired) electrons. The Morgan fingerprint density at radius 3 is 2.53 bits per heavy atom. The van der Waals surface area contributed by atoms with Crippen molar-refractivity contribution in [3.05, 3.63) is 29.3 Å². The summed E-state index contributed by atoms with van der Waals surface area (Å²) in [6.45, 7) is 11.4. The number of rotatable bonds is 7. The average Bonchev–Trinajstić information content (AvgIpc) is 2.36.